The molecule has 0 atom stereocenters. The SMILES string of the molecule is O=P(O)(O)[O][Mo].[V]. The fourth-order valence-corrected chi connectivity index (χ4v) is 0. The molecule has 0 spiro atoms. The van der Waals surface area contributed by atoms with Crippen molar-refractivity contribution in [2.24, 2.45) is 0 Å². The van der Waals surface area contributed by atoms with Crippen LogP contribution in [-0.4, -0.2) is 9.79 Å². The van der Waals surface area contributed by atoms with Crippen molar-refractivity contribution < 1.29 is 56.3 Å². The Morgan fingerprint density at radius 2 is 1.71 bits per heavy atom. The molecule has 0 saturated carbocycles. The molecule has 42 valence electrons. The first kappa shape index (κ1) is 11.2. The van der Waals surface area contributed by atoms with Crippen LogP contribution in [0.3, 0.4) is 0 Å². The molecule has 0 unspecified atom stereocenters. The summed E-state index contributed by atoms with van der Waals surface area (Å²) in [7, 11) is -4.14. The van der Waals surface area contributed by atoms with E-state index >= 15 is 0 Å². The molecule has 0 aliphatic carbocycles. The molecule has 0 amide bonds. The molecule has 0 aromatic rings. The first-order chi connectivity index (χ1) is 2.56. The van der Waals surface area contributed by atoms with Crippen LogP contribution in [-0.2, 0) is 46.5 Å². The van der Waals surface area contributed by atoms with Crippen LogP contribution in [0.25, 0.3) is 0 Å². The van der Waals surface area contributed by atoms with Crippen molar-refractivity contribution in [2.75, 3.05) is 0 Å². The summed E-state index contributed by atoms with van der Waals surface area (Å²) < 4.78 is 13.1. The van der Waals surface area contributed by atoms with Crippen LogP contribution in [0.2, 0.25) is 0 Å². The Hall–Kier alpha value is 1.38. The molecule has 0 aliphatic rings. The average Bonchev–Trinajstić information content (AvgIpc) is 1.35. The first-order valence-electron chi connectivity index (χ1n) is 0.932. The third-order valence-electron chi connectivity index (χ3n) is 0.0971. The standard InChI is InChI=1S/Mo.H3O4P.V/c;1-5(2,3)4;/h;(H3,1,2,3,4);/q+1;;/p-1. The van der Waals surface area contributed by atoms with E-state index in [9.17, 15) is 4.57 Å². The maximum absolute atomic E-state index is 9.47. The normalized spacial score (nSPS) is 10.0. The Bertz CT molecular complexity index is 75.8. The number of rotatable bonds is 1. The molecule has 4 nitrogen and oxygen atoms in total. The third kappa shape index (κ3) is 11.1. The molecule has 0 aromatic heterocycles. The molecule has 0 aromatic carbocycles. The van der Waals surface area contributed by atoms with Gasteiger partial charge in [-0.2, -0.15) is 0 Å². The van der Waals surface area contributed by atoms with Crippen molar-refractivity contribution in [1.82, 2.24) is 0 Å². The third-order valence-corrected chi connectivity index (χ3v) is 1.72. The van der Waals surface area contributed by atoms with E-state index < -0.39 is 7.82 Å². The zero-order valence-electron chi connectivity index (χ0n) is 3.01. The summed E-state index contributed by atoms with van der Waals surface area (Å²) in [5.74, 6) is 0. The van der Waals surface area contributed by atoms with E-state index in [-0.39, 0.29) is 18.6 Å². The van der Waals surface area contributed by atoms with Crippen molar-refractivity contribution in [3.05, 3.63) is 0 Å². The predicted octanol–water partition coefficient (Wildman–Crippen LogP) is -0.445. The topological polar surface area (TPSA) is 66.8 Å². The zero-order valence-corrected chi connectivity index (χ0v) is 7.31. The molecule has 2 N–H and O–H groups in total. The van der Waals surface area contributed by atoms with E-state index in [1.54, 1.807) is 0 Å². The van der Waals surface area contributed by atoms with E-state index in [0.717, 1.165) is 20.2 Å². The number of phosphoric acid groups is 1. The van der Waals surface area contributed by atoms with E-state index in [4.69, 9.17) is 9.79 Å². The summed E-state index contributed by atoms with van der Waals surface area (Å²) >= 11 is 0.883. The molecule has 0 aliphatic heterocycles. The quantitative estimate of drug-likeness (QED) is 0.484. The molecular formula is H2MoO4PV. The van der Waals surface area contributed by atoms with Crippen molar-refractivity contribution in [3.8, 4) is 0 Å². The van der Waals surface area contributed by atoms with Gasteiger partial charge in [-0.1, -0.05) is 0 Å². The van der Waals surface area contributed by atoms with Crippen LogP contribution in [0.5, 0.6) is 0 Å². The summed E-state index contributed by atoms with van der Waals surface area (Å²) in [6, 6.07) is 0. The number of hydrogen-bond acceptors (Lipinski definition) is 2. The van der Waals surface area contributed by atoms with Crippen molar-refractivity contribution in [3.63, 3.8) is 0 Å². The van der Waals surface area contributed by atoms with Crippen LogP contribution >= 0.6 is 7.82 Å². The summed E-state index contributed by atoms with van der Waals surface area (Å²) in [6.07, 6.45) is 0. The van der Waals surface area contributed by atoms with Gasteiger partial charge in [0.1, 0.15) is 0 Å². The van der Waals surface area contributed by atoms with Gasteiger partial charge in [-0.15, -0.1) is 0 Å². The molecular weight excluding hydrogens is 242 g/mol. The van der Waals surface area contributed by atoms with Crippen molar-refractivity contribution >= 4 is 7.82 Å². The molecule has 1 radical (unpaired) electrons. The van der Waals surface area contributed by atoms with Gasteiger partial charge in [-0.25, -0.2) is 0 Å². The maximum Gasteiger partial charge on any atom is 0 e. The largest absolute Gasteiger partial charge is 0 e. The van der Waals surface area contributed by atoms with Gasteiger partial charge in [0, 0.05) is 18.6 Å². The van der Waals surface area contributed by atoms with Crippen LogP contribution < -0.4 is 0 Å². The Morgan fingerprint density at radius 3 is 1.71 bits per heavy atom. The Kier molecular flexibility index (Phi) is 6.86. The van der Waals surface area contributed by atoms with E-state index in [1.807, 2.05) is 0 Å². The summed E-state index contributed by atoms with van der Waals surface area (Å²) in [4.78, 5) is 15.4. The van der Waals surface area contributed by atoms with Gasteiger partial charge in [0.2, 0.25) is 0 Å². The van der Waals surface area contributed by atoms with E-state index in [2.05, 4.69) is 3.18 Å². The fourth-order valence-electron chi connectivity index (χ4n) is 0. The Labute approximate surface area is 64.1 Å². The maximum atomic E-state index is 9.47. The van der Waals surface area contributed by atoms with Gasteiger partial charge in [0.25, 0.3) is 0 Å². The first-order valence-corrected chi connectivity index (χ1v) is 3.28. The molecule has 0 bridgehead atoms. The van der Waals surface area contributed by atoms with Gasteiger partial charge < -0.3 is 0 Å². The average molecular weight is 244 g/mol. The van der Waals surface area contributed by atoms with Crippen molar-refractivity contribution in [1.29, 1.82) is 0 Å². The second-order valence-electron chi connectivity index (χ2n) is 0.565. The number of hydrogen-bond donors (Lipinski definition) is 2. The van der Waals surface area contributed by atoms with Gasteiger partial charge in [-0.05, 0) is 0 Å². The van der Waals surface area contributed by atoms with Crippen LogP contribution in [0.15, 0.2) is 0 Å². The minimum absolute atomic E-state index is 0. The van der Waals surface area contributed by atoms with Gasteiger partial charge >= 0.3 is 45.5 Å². The predicted molar refractivity (Wildman–Crippen MR) is 13.1 cm³/mol. The second kappa shape index (κ2) is 4.28. The molecule has 7 heavy (non-hydrogen) atoms. The minimum Gasteiger partial charge on any atom is 0 e. The smallest absolute Gasteiger partial charge is 0 e. The van der Waals surface area contributed by atoms with Gasteiger partial charge in [0.05, 0.1) is 0 Å². The molecule has 0 fully saturated rings. The van der Waals surface area contributed by atoms with E-state index in [1.165, 1.54) is 0 Å². The second-order valence-corrected chi connectivity index (χ2v) is 2.79. The summed E-state index contributed by atoms with van der Waals surface area (Å²) in [6.45, 7) is 0. The van der Waals surface area contributed by atoms with Gasteiger partial charge in [0.15, 0.2) is 0 Å². The summed E-state index contributed by atoms with van der Waals surface area (Å²) in [5, 5.41) is 0. The van der Waals surface area contributed by atoms with Crippen LogP contribution in [0.1, 0.15) is 0 Å². The minimum atomic E-state index is -4.14. The monoisotopic (exact) mass is 246 g/mol. The van der Waals surface area contributed by atoms with E-state index in [0.29, 0.717) is 0 Å². The van der Waals surface area contributed by atoms with Crippen molar-refractivity contribution in [2.45, 2.75) is 0 Å². The molecule has 0 saturated heterocycles. The molecule has 0 rings (SSSR count). The summed E-state index contributed by atoms with van der Waals surface area (Å²) in [5.41, 5.74) is 0. The molecule has 7 heteroatoms. The van der Waals surface area contributed by atoms with Crippen LogP contribution in [0, 0.1) is 0 Å². The van der Waals surface area contributed by atoms with Crippen LogP contribution in [0.4, 0.5) is 0 Å². The molecule has 0 heterocycles. The Balaban J connectivity index is 0. The zero-order chi connectivity index (χ0) is 5.21. The van der Waals surface area contributed by atoms with Gasteiger partial charge in [-0.3, -0.25) is 0 Å². The fraction of sp³-hybridized carbons (Fsp3) is 0. The Morgan fingerprint density at radius 1 is 1.57 bits per heavy atom.